The zero-order chi connectivity index (χ0) is 12.7. The summed E-state index contributed by atoms with van der Waals surface area (Å²) in [5.74, 6) is 2.38. The number of rotatable bonds is 5. The third-order valence-electron chi connectivity index (χ3n) is 3.61. The average molecular weight is 271 g/mol. The van der Waals surface area contributed by atoms with Crippen molar-refractivity contribution in [3.63, 3.8) is 0 Å². The van der Waals surface area contributed by atoms with Gasteiger partial charge in [0.15, 0.2) is 8.32 Å². The van der Waals surface area contributed by atoms with Crippen molar-refractivity contribution in [2.24, 2.45) is 17.8 Å². The molecule has 2 bridgehead atoms. The number of hydrogen-bond acceptors (Lipinski definition) is 2. The fraction of sp³-hybridized carbons (Fsp3) is 0.846. The second kappa shape index (κ2) is 4.65. The first-order chi connectivity index (χ1) is 7.75. The minimum atomic E-state index is -1.90. The van der Waals surface area contributed by atoms with Crippen LogP contribution in [0.3, 0.4) is 0 Å². The Kier molecular flexibility index (Phi) is 3.70. The van der Waals surface area contributed by atoms with Crippen molar-refractivity contribution in [1.29, 1.82) is 0 Å². The van der Waals surface area contributed by atoms with Crippen LogP contribution in [0.4, 0.5) is 0 Å². The Morgan fingerprint density at radius 3 is 2.24 bits per heavy atom. The molecule has 3 atom stereocenters. The first kappa shape index (κ1) is 13.5. The van der Waals surface area contributed by atoms with Crippen LogP contribution in [-0.2, 0) is 8.54 Å². The van der Waals surface area contributed by atoms with Gasteiger partial charge in [0.25, 0.3) is 0 Å². The molecule has 98 valence electrons. The van der Waals surface area contributed by atoms with E-state index in [1.165, 1.54) is 12.8 Å². The molecule has 0 heterocycles. The Morgan fingerprint density at radius 1 is 1.06 bits per heavy atom. The molecule has 1 fully saturated rings. The van der Waals surface area contributed by atoms with Crippen LogP contribution in [0.5, 0.6) is 0 Å². The summed E-state index contributed by atoms with van der Waals surface area (Å²) >= 11 is 0. The summed E-state index contributed by atoms with van der Waals surface area (Å²) in [6.45, 7) is 12.0. The lowest BCUT2D eigenvalue weighted by Gasteiger charge is -2.32. The van der Waals surface area contributed by atoms with E-state index in [4.69, 9.17) is 8.54 Å². The standard InChI is InChI=1S/C13H26O2Si2/c1-16(2,3)15-17(4,5)14-10-13-9-11-6-7-12(13)8-11/h6-7,11-13H,8-10H2,1-5H3. The highest BCUT2D eigenvalue weighted by Gasteiger charge is 2.38. The lowest BCUT2D eigenvalue weighted by Crippen LogP contribution is -2.45. The Balaban J connectivity index is 1.80. The molecule has 1 saturated carbocycles. The minimum Gasteiger partial charge on any atom is -0.436 e. The largest absolute Gasteiger partial charge is 0.436 e. The molecule has 0 amide bonds. The third-order valence-corrected chi connectivity index (χ3v) is 8.89. The van der Waals surface area contributed by atoms with Gasteiger partial charge >= 0.3 is 8.56 Å². The van der Waals surface area contributed by atoms with Crippen LogP contribution >= 0.6 is 0 Å². The van der Waals surface area contributed by atoms with E-state index in [0.717, 1.165) is 24.4 Å². The summed E-state index contributed by atoms with van der Waals surface area (Å²) in [6.07, 6.45) is 7.49. The van der Waals surface area contributed by atoms with Gasteiger partial charge in [-0.3, -0.25) is 0 Å². The zero-order valence-corrected chi connectivity index (χ0v) is 13.8. The van der Waals surface area contributed by atoms with E-state index in [9.17, 15) is 0 Å². The van der Waals surface area contributed by atoms with E-state index in [2.05, 4.69) is 44.9 Å². The SMILES string of the molecule is C[Si](C)(C)O[Si](C)(C)OCC1CC2C=CC1C2. The summed E-state index contributed by atoms with van der Waals surface area (Å²) < 4.78 is 12.4. The number of fused-ring (bicyclic) bond motifs is 2. The van der Waals surface area contributed by atoms with Crippen LogP contribution in [0.1, 0.15) is 12.8 Å². The fourth-order valence-corrected chi connectivity index (χ4v) is 9.91. The predicted molar refractivity (Wildman–Crippen MR) is 76.7 cm³/mol. The molecule has 4 heteroatoms. The van der Waals surface area contributed by atoms with Gasteiger partial charge in [-0.15, -0.1) is 0 Å². The quantitative estimate of drug-likeness (QED) is 0.559. The van der Waals surface area contributed by atoms with Gasteiger partial charge in [0.05, 0.1) is 0 Å². The van der Waals surface area contributed by atoms with Crippen molar-refractivity contribution >= 4 is 16.9 Å². The van der Waals surface area contributed by atoms with Crippen molar-refractivity contribution in [3.8, 4) is 0 Å². The monoisotopic (exact) mass is 270 g/mol. The van der Waals surface area contributed by atoms with Gasteiger partial charge in [-0.25, -0.2) is 0 Å². The molecule has 0 spiro atoms. The maximum atomic E-state index is 6.20. The second-order valence-electron chi connectivity index (χ2n) is 6.97. The lowest BCUT2D eigenvalue weighted by atomic mass is 9.95. The van der Waals surface area contributed by atoms with Gasteiger partial charge in [-0.1, -0.05) is 12.2 Å². The molecule has 0 aromatic carbocycles. The van der Waals surface area contributed by atoms with Gasteiger partial charge in [0.1, 0.15) is 0 Å². The average Bonchev–Trinajstić information content (AvgIpc) is 2.71. The molecule has 0 radical (unpaired) electrons. The van der Waals surface area contributed by atoms with E-state index in [1.54, 1.807) is 0 Å². The minimum absolute atomic E-state index is 0.752. The molecule has 2 nitrogen and oxygen atoms in total. The van der Waals surface area contributed by atoms with E-state index >= 15 is 0 Å². The van der Waals surface area contributed by atoms with E-state index in [0.29, 0.717) is 0 Å². The molecule has 0 N–H and O–H groups in total. The van der Waals surface area contributed by atoms with Crippen LogP contribution in [0, 0.1) is 17.8 Å². The van der Waals surface area contributed by atoms with Gasteiger partial charge in [0.2, 0.25) is 0 Å². The molecular weight excluding hydrogens is 244 g/mol. The Morgan fingerprint density at radius 2 is 1.76 bits per heavy atom. The maximum Gasteiger partial charge on any atom is 0.321 e. The smallest absolute Gasteiger partial charge is 0.321 e. The number of allylic oxidation sites excluding steroid dienone is 2. The molecule has 0 saturated heterocycles. The van der Waals surface area contributed by atoms with Crippen LogP contribution < -0.4 is 0 Å². The van der Waals surface area contributed by atoms with Gasteiger partial charge in [0, 0.05) is 6.61 Å². The second-order valence-corrected chi connectivity index (χ2v) is 15.1. The fourth-order valence-electron chi connectivity index (χ4n) is 3.16. The van der Waals surface area contributed by atoms with E-state index < -0.39 is 16.9 Å². The molecule has 0 aliphatic heterocycles. The third kappa shape index (κ3) is 3.78. The molecule has 0 aromatic heterocycles. The summed E-state index contributed by atoms with van der Waals surface area (Å²) in [7, 11) is -3.36. The topological polar surface area (TPSA) is 18.5 Å². The highest BCUT2D eigenvalue weighted by molar-refractivity contribution is 6.81. The van der Waals surface area contributed by atoms with Crippen LogP contribution in [0.15, 0.2) is 12.2 Å². The highest BCUT2D eigenvalue weighted by Crippen LogP contribution is 2.43. The normalized spacial score (nSPS) is 32.4. The van der Waals surface area contributed by atoms with E-state index in [-0.39, 0.29) is 0 Å². The van der Waals surface area contributed by atoms with Crippen LogP contribution in [0.2, 0.25) is 32.7 Å². The van der Waals surface area contributed by atoms with Crippen molar-refractivity contribution < 1.29 is 8.54 Å². The van der Waals surface area contributed by atoms with Crippen LogP contribution in [-0.4, -0.2) is 23.5 Å². The Labute approximate surface area is 108 Å². The van der Waals surface area contributed by atoms with Crippen molar-refractivity contribution in [1.82, 2.24) is 0 Å². The first-order valence-corrected chi connectivity index (χ1v) is 13.0. The predicted octanol–water partition coefficient (Wildman–Crippen LogP) is 3.77. The lowest BCUT2D eigenvalue weighted by molar-refractivity contribution is 0.185. The zero-order valence-electron chi connectivity index (χ0n) is 11.8. The Bertz CT molecular complexity index is 307. The van der Waals surface area contributed by atoms with Crippen LogP contribution in [0.25, 0.3) is 0 Å². The maximum absolute atomic E-state index is 6.20. The molecule has 2 aliphatic carbocycles. The van der Waals surface area contributed by atoms with Crippen molar-refractivity contribution in [2.45, 2.75) is 45.6 Å². The summed E-state index contributed by atoms with van der Waals surface area (Å²) in [6, 6.07) is 0. The summed E-state index contributed by atoms with van der Waals surface area (Å²) in [4.78, 5) is 0. The summed E-state index contributed by atoms with van der Waals surface area (Å²) in [5, 5.41) is 0. The van der Waals surface area contributed by atoms with Gasteiger partial charge in [-0.05, 0) is 63.3 Å². The number of hydrogen-bond donors (Lipinski definition) is 0. The molecule has 3 unspecified atom stereocenters. The van der Waals surface area contributed by atoms with Crippen molar-refractivity contribution in [3.05, 3.63) is 12.2 Å². The first-order valence-electron chi connectivity index (χ1n) is 6.78. The van der Waals surface area contributed by atoms with E-state index in [1.807, 2.05) is 0 Å². The van der Waals surface area contributed by atoms with Crippen molar-refractivity contribution in [2.75, 3.05) is 6.61 Å². The van der Waals surface area contributed by atoms with Gasteiger partial charge < -0.3 is 8.54 Å². The van der Waals surface area contributed by atoms with Gasteiger partial charge in [-0.2, -0.15) is 0 Å². The molecule has 2 aliphatic rings. The molecule has 0 aromatic rings. The molecule has 17 heavy (non-hydrogen) atoms. The molecular formula is C13H26O2Si2. The highest BCUT2D eigenvalue weighted by atomic mass is 28.4. The Hall–Kier alpha value is 0.0938. The molecule has 2 rings (SSSR count). The summed E-state index contributed by atoms with van der Waals surface area (Å²) in [5.41, 5.74) is 0.